The molecule has 1 atom stereocenters. The molecule has 4 aromatic heterocycles. The molecule has 0 amide bonds. The number of aryl methyl sites for hydroxylation is 2. The second kappa shape index (κ2) is 12.1. The van der Waals surface area contributed by atoms with Crippen LogP contribution in [0.3, 0.4) is 0 Å². The third-order valence-corrected chi connectivity index (χ3v) is 6.40. The Morgan fingerprint density at radius 1 is 0.800 bits per heavy atom. The Morgan fingerprint density at radius 2 is 1.37 bits per heavy atom. The van der Waals surface area contributed by atoms with E-state index in [2.05, 4.69) is 86.1 Å². The molecule has 1 N–H and O–H groups in total. The highest BCUT2D eigenvalue weighted by Gasteiger charge is 2.18. The summed E-state index contributed by atoms with van der Waals surface area (Å²) >= 11 is 6.81. The van der Waals surface area contributed by atoms with Crippen LogP contribution >= 0.6 is 31.9 Å². The molecule has 0 aliphatic heterocycles. The van der Waals surface area contributed by atoms with Crippen molar-refractivity contribution in [2.24, 2.45) is 25.9 Å². The summed E-state index contributed by atoms with van der Waals surface area (Å²) in [5.74, 6) is 1.15. The molecule has 4 aromatic rings. The quantitative estimate of drug-likeness (QED) is 0.311. The van der Waals surface area contributed by atoms with Gasteiger partial charge in [-0.1, -0.05) is 27.7 Å². The highest BCUT2D eigenvalue weighted by molar-refractivity contribution is 9.10. The number of aliphatic hydroxyl groups is 1. The van der Waals surface area contributed by atoms with Crippen LogP contribution in [0.2, 0.25) is 0 Å². The van der Waals surface area contributed by atoms with Gasteiger partial charge in [-0.05, 0) is 49.3 Å². The maximum absolute atomic E-state index is 10.3. The summed E-state index contributed by atoms with van der Waals surface area (Å²) in [6, 6.07) is 0. The highest BCUT2D eigenvalue weighted by Crippen LogP contribution is 2.27. The van der Waals surface area contributed by atoms with Crippen LogP contribution in [0.4, 0.5) is 0 Å². The zero-order valence-corrected chi connectivity index (χ0v) is 24.3. The van der Waals surface area contributed by atoms with E-state index >= 15 is 0 Å². The van der Waals surface area contributed by atoms with Crippen LogP contribution in [-0.4, -0.2) is 44.2 Å². The lowest BCUT2D eigenvalue weighted by molar-refractivity contribution is 0.219. The molecule has 0 aliphatic rings. The summed E-state index contributed by atoms with van der Waals surface area (Å²) < 4.78 is 8.92. The van der Waals surface area contributed by atoms with Crippen LogP contribution in [0.1, 0.15) is 56.1 Å². The molecule has 0 saturated heterocycles. The Bertz CT molecular complexity index is 1220. The van der Waals surface area contributed by atoms with Gasteiger partial charge in [-0.2, -0.15) is 20.4 Å². The lowest BCUT2D eigenvalue weighted by atomic mass is 10.1. The van der Waals surface area contributed by atoms with Crippen molar-refractivity contribution < 1.29 is 5.11 Å². The molecule has 1 unspecified atom stereocenters. The van der Waals surface area contributed by atoms with Gasteiger partial charge in [0.15, 0.2) is 0 Å². The van der Waals surface area contributed by atoms with E-state index in [0.717, 1.165) is 35.2 Å². The number of aromatic nitrogens is 8. The Morgan fingerprint density at radius 3 is 1.91 bits per heavy atom. The van der Waals surface area contributed by atoms with Crippen LogP contribution in [-0.2, 0) is 33.6 Å². The lowest BCUT2D eigenvalue weighted by Gasteiger charge is -2.06. The summed E-state index contributed by atoms with van der Waals surface area (Å²) in [6.07, 6.45) is 11.6. The van der Waals surface area contributed by atoms with Crippen molar-refractivity contribution in [2.75, 3.05) is 0 Å². The molecule has 4 rings (SSSR count). The maximum Gasteiger partial charge on any atom is 0.134 e. The molecule has 0 bridgehead atoms. The van der Waals surface area contributed by atoms with Gasteiger partial charge < -0.3 is 5.11 Å². The summed E-state index contributed by atoms with van der Waals surface area (Å²) in [4.78, 5) is 0. The minimum Gasteiger partial charge on any atom is -0.383 e. The highest BCUT2D eigenvalue weighted by atomic mass is 79.9. The average Bonchev–Trinajstić information content (AvgIpc) is 3.52. The van der Waals surface area contributed by atoms with Crippen LogP contribution in [0, 0.1) is 11.8 Å². The van der Waals surface area contributed by atoms with Gasteiger partial charge in [-0.15, -0.1) is 0 Å². The SMILES string of the molecule is CC(C)Cn1cc(C(O)c2cn(C)nc2Br)cn1.CC(C)Cn1cc(Cc2cn(C)nc2Br)cn1. The molecule has 0 spiro atoms. The maximum atomic E-state index is 10.3. The van der Waals surface area contributed by atoms with Crippen molar-refractivity contribution >= 4 is 31.9 Å². The van der Waals surface area contributed by atoms with E-state index in [9.17, 15) is 5.11 Å². The first-order chi connectivity index (χ1) is 16.5. The molecule has 190 valence electrons. The van der Waals surface area contributed by atoms with Gasteiger partial charge in [0.05, 0.1) is 12.4 Å². The standard InChI is InChI=1S/C12H17BrN4O.C12H17BrN4/c1-8(2)5-17-6-9(4-14-17)11(18)10-7-16(3)15-12(10)13;1-9(2)6-17-7-10(5-14-17)4-11-8-16(3)15-12(11)13/h4,6-8,11,18H,5H2,1-3H3;5,7-9H,4,6H2,1-3H3. The molecule has 0 saturated carbocycles. The van der Waals surface area contributed by atoms with Gasteiger partial charge in [0.2, 0.25) is 0 Å². The molecule has 0 radical (unpaired) electrons. The van der Waals surface area contributed by atoms with Gasteiger partial charge >= 0.3 is 0 Å². The minimum atomic E-state index is -0.700. The van der Waals surface area contributed by atoms with E-state index in [1.165, 1.54) is 11.1 Å². The average molecular weight is 610 g/mol. The van der Waals surface area contributed by atoms with Gasteiger partial charge in [-0.25, -0.2) is 0 Å². The molecule has 0 aliphatic carbocycles. The third-order valence-electron chi connectivity index (χ3n) is 5.11. The van der Waals surface area contributed by atoms with Crippen LogP contribution in [0.5, 0.6) is 0 Å². The summed E-state index contributed by atoms with van der Waals surface area (Å²) in [5.41, 5.74) is 3.95. The summed E-state index contributed by atoms with van der Waals surface area (Å²) in [5, 5.41) is 27.3. The molecule has 9 nitrogen and oxygen atoms in total. The topological polar surface area (TPSA) is 91.5 Å². The van der Waals surface area contributed by atoms with E-state index in [0.29, 0.717) is 16.4 Å². The number of hydrogen-bond acceptors (Lipinski definition) is 5. The first kappa shape index (κ1) is 27.3. The Kier molecular flexibility index (Phi) is 9.48. The largest absolute Gasteiger partial charge is 0.383 e. The van der Waals surface area contributed by atoms with Crippen molar-refractivity contribution in [1.29, 1.82) is 0 Å². The second-order valence-corrected chi connectivity index (χ2v) is 11.1. The smallest absolute Gasteiger partial charge is 0.134 e. The number of hydrogen-bond donors (Lipinski definition) is 1. The number of nitrogens with zero attached hydrogens (tertiary/aromatic N) is 8. The second-order valence-electron chi connectivity index (χ2n) is 9.60. The zero-order valence-electron chi connectivity index (χ0n) is 21.1. The molecule has 4 heterocycles. The van der Waals surface area contributed by atoms with Crippen LogP contribution in [0.25, 0.3) is 0 Å². The lowest BCUT2D eigenvalue weighted by Crippen LogP contribution is -2.04. The number of aliphatic hydroxyl groups excluding tert-OH is 1. The fraction of sp³-hybridized carbons (Fsp3) is 0.500. The Labute approximate surface area is 223 Å². The molecule has 0 fully saturated rings. The van der Waals surface area contributed by atoms with Gasteiger partial charge in [0, 0.05) is 75.1 Å². The van der Waals surface area contributed by atoms with Crippen LogP contribution in [0.15, 0.2) is 46.4 Å². The van der Waals surface area contributed by atoms with E-state index in [1.54, 1.807) is 17.1 Å². The van der Waals surface area contributed by atoms with Gasteiger partial charge in [0.25, 0.3) is 0 Å². The van der Waals surface area contributed by atoms with Crippen molar-refractivity contribution in [3.63, 3.8) is 0 Å². The number of halogens is 2. The van der Waals surface area contributed by atoms with E-state index in [4.69, 9.17) is 0 Å². The summed E-state index contributed by atoms with van der Waals surface area (Å²) in [6.45, 7) is 10.5. The van der Waals surface area contributed by atoms with Crippen molar-refractivity contribution in [2.45, 2.75) is 53.3 Å². The van der Waals surface area contributed by atoms with Crippen LogP contribution < -0.4 is 0 Å². The zero-order chi connectivity index (χ0) is 25.7. The van der Waals surface area contributed by atoms with E-state index < -0.39 is 6.10 Å². The third kappa shape index (κ3) is 7.88. The number of rotatable bonds is 8. The molecule has 35 heavy (non-hydrogen) atoms. The van der Waals surface area contributed by atoms with E-state index in [-0.39, 0.29) is 0 Å². The Hall–Kier alpha value is -2.24. The van der Waals surface area contributed by atoms with Gasteiger partial charge in [-0.3, -0.25) is 18.7 Å². The molecular formula is C24H34Br2N8O. The normalized spacial score (nSPS) is 12.3. The van der Waals surface area contributed by atoms with E-state index in [1.807, 2.05) is 46.7 Å². The molecule has 0 aromatic carbocycles. The predicted octanol–water partition coefficient (Wildman–Crippen LogP) is 4.74. The van der Waals surface area contributed by atoms with Crippen molar-refractivity contribution in [1.82, 2.24) is 39.1 Å². The van der Waals surface area contributed by atoms with Gasteiger partial charge in [0.1, 0.15) is 15.3 Å². The fourth-order valence-electron chi connectivity index (χ4n) is 3.66. The minimum absolute atomic E-state index is 0.528. The van der Waals surface area contributed by atoms with Crippen molar-refractivity contribution in [3.05, 3.63) is 68.6 Å². The molecular weight excluding hydrogens is 576 g/mol. The molecule has 11 heteroatoms. The predicted molar refractivity (Wildman–Crippen MR) is 143 cm³/mol. The first-order valence-corrected chi connectivity index (χ1v) is 13.2. The first-order valence-electron chi connectivity index (χ1n) is 11.6. The monoisotopic (exact) mass is 608 g/mol. The van der Waals surface area contributed by atoms with Crippen molar-refractivity contribution in [3.8, 4) is 0 Å². The Balaban J connectivity index is 0.000000196. The summed E-state index contributed by atoms with van der Waals surface area (Å²) in [7, 11) is 3.75. The fourth-order valence-corrected chi connectivity index (χ4v) is 4.72.